The van der Waals surface area contributed by atoms with Crippen LogP contribution >= 0.6 is 15.9 Å². The van der Waals surface area contributed by atoms with E-state index in [1.54, 1.807) is 0 Å². The van der Waals surface area contributed by atoms with Crippen LogP contribution in [0.1, 0.15) is 36.8 Å². The average Bonchev–Trinajstić information content (AvgIpc) is 2.58. The summed E-state index contributed by atoms with van der Waals surface area (Å²) in [6, 6.07) is 5.38. The van der Waals surface area contributed by atoms with Gasteiger partial charge in [0, 0.05) is 35.1 Å². The van der Waals surface area contributed by atoms with Gasteiger partial charge in [0.05, 0.1) is 0 Å². The van der Waals surface area contributed by atoms with Gasteiger partial charge < -0.3 is 4.90 Å². The molecule has 2 unspecified atom stereocenters. The lowest BCUT2D eigenvalue weighted by Crippen LogP contribution is -2.43. The summed E-state index contributed by atoms with van der Waals surface area (Å²) in [5, 5.41) is 0. The first-order valence-electron chi connectivity index (χ1n) is 6.63. The molecule has 0 radical (unpaired) electrons. The fraction of sp³-hybridized carbons (Fsp3) is 0.533. The standard InChI is InChI=1S/C15H18BrNO/c1-9-5-13(6-10(2)15(9)16)17-11-3-4-12(17)8-14(18)7-11/h5-6,11-12H,3-4,7-8H2,1-2H3. The van der Waals surface area contributed by atoms with Crippen LogP contribution < -0.4 is 4.90 Å². The minimum absolute atomic E-state index is 0.441. The molecule has 0 saturated carbocycles. The van der Waals surface area contributed by atoms with Gasteiger partial charge in [-0.1, -0.05) is 15.9 Å². The number of hydrogen-bond acceptors (Lipinski definition) is 2. The van der Waals surface area contributed by atoms with Crippen LogP contribution in [0.2, 0.25) is 0 Å². The number of Topliss-reactive ketones (excluding diaryl/α,β-unsaturated/α-hetero) is 1. The first kappa shape index (κ1) is 12.2. The number of benzene rings is 1. The third kappa shape index (κ3) is 1.89. The summed E-state index contributed by atoms with van der Waals surface area (Å²) >= 11 is 3.62. The van der Waals surface area contributed by atoms with Crippen molar-refractivity contribution in [3.63, 3.8) is 0 Å². The Hall–Kier alpha value is -0.830. The molecular formula is C15H18BrNO. The molecule has 0 aliphatic carbocycles. The molecule has 3 heteroatoms. The number of nitrogens with zero attached hydrogens (tertiary/aromatic N) is 1. The Morgan fingerprint density at radius 1 is 1.11 bits per heavy atom. The van der Waals surface area contributed by atoms with Gasteiger partial charge in [0.15, 0.2) is 0 Å². The third-order valence-corrected chi connectivity index (χ3v) is 5.52. The Morgan fingerprint density at radius 3 is 2.11 bits per heavy atom. The molecule has 2 nitrogen and oxygen atoms in total. The van der Waals surface area contributed by atoms with Gasteiger partial charge in [-0.3, -0.25) is 4.79 Å². The second-order valence-electron chi connectivity index (χ2n) is 5.63. The van der Waals surface area contributed by atoms with E-state index in [4.69, 9.17) is 0 Å². The smallest absolute Gasteiger partial charge is 0.137 e. The van der Waals surface area contributed by atoms with Crippen LogP contribution in [-0.4, -0.2) is 17.9 Å². The number of anilines is 1. The van der Waals surface area contributed by atoms with Crippen molar-refractivity contribution < 1.29 is 4.79 Å². The lowest BCUT2D eigenvalue weighted by atomic mass is 9.99. The topological polar surface area (TPSA) is 20.3 Å². The van der Waals surface area contributed by atoms with Crippen molar-refractivity contribution in [3.8, 4) is 0 Å². The highest BCUT2D eigenvalue weighted by atomic mass is 79.9. The molecule has 2 saturated heterocycles. The minimum atomic E-state index is 0.441. The summed E-state index contributed by atoms with van der Waals surface area (Å²) in [6.07, 6.45) is 3.82. The van der Waals surface area contributed by atoms with Crippen molar-refractivity contribution in [1.29, 1.82) is 0 Å². The van der Waals surface area contributed by atoms with E-state index in [9.17, 15) is 4.79 Å². The zero-order valence-electron chi connectivity index (χ0n) is 10.9. The van der Waals surface area contributed by atoms with Crippen LogP contribution in [0.15, 0.2) is 16.6 Å². The van der Waals surface area contributed by atoms with Crippen molar-refractivity contribution in [2.24, 2.45) is 0 Å². The summed E-state index contributed by atoms with van der Waals surface area (Å²) in [5.74, 6) is 0.448. The van der Waals surface area contributed by atoms with E-state index in [1.807, 2.05) is 0 Å². The van der Waals surface area contributed by atoms with Gasteiger partial charge in [0.1, 0.15) is 5.78 Å². The van der Waals surface area contributed by atoms with Gasteiger partial charge >= 0.3 is 0 Å². The van der Waals surface area contributed by atoms with Gasteiger partial charge in [-0.25, -0.2) is 0 Å². The van der Waals surface area contributed by atoms with Crippen molar-refractivity contribution >= 4 is 27.4 Å². The first-order valence-corrected chi connectivity index (χ1v) is 7.42. The predicted octanol–water partition coefficient (Wildman–Crippen LogP) is 3.77. The quantitative estimate of drug-likeness (QED) is 0.787. The van der Waals surface area contributed by atoms with Crippen molar-refractivity contribution in [3.05, 3.63) is 27.7 Å². The Labute approximate surface area is 116 Å². The van der Waals surface area contributed by atoms with Crippen LogP contribution in [0.3, 0.4) is 0 Å². The molecule has 2 aliphatic heterocycles. The molecule has 0 N–H and O–H groups in total. The molecule has 1 aromatic carbocycles. The van der Waals surface area contributed by atoms with E-state index >= 15 is 0 Å². The normalized spacial score (nSPS) is 26.8. The maximum atomic E-state index is 11.7. The Bertz CT molecular complexity index is 472. The maximum Gasteiger partial charge on any atom is 0.137 e. The number of carbonyl (C=O) groups is 1. The number of carbonyl (C=O) groups excluding carboxylic acids is 1. The van der Waals surface area contributed by atoms with E-state index < -0.39 is 0 Å². The van der Waals surface area contributed by atoms with Crippen LogP contribution in [0.25, 0.3) is 0 Å². The van der Waals surface area contributed by atoms with Gasteiger partial charge in [-0.15, -0.1) is 0 Å². The Morgan fingerprint density at radius 2 is 1.61 bits per heavy atom. The molecule has 0 aromatic heterocycles. The molecule has 3 rings (SSSR count). The number of rotatable bonds is 1. The van der Waals surface area contributed by atoms with E-state index in [0.717, 1.165) is 12.8 Å². The molecule has 1 aromatic rings. The highest BCUT2D eigenvalue weighted by Crippen LogP contribution is 2.39. The largest absolute Gasteiger partial charge is 0.365 e. The molecule has 2 fully saturated rings. The van der Waals surface area contributed by atoms with E-state index in [-0.39, 0.29) is 0 Å². The van der Waals surface area contributed by atoms with Crippen molar-refractivity contribution in [2.45, 2.75) is 51.6 Å². The lowest BCUT2D eigenvalue weighted by Gasteiger charge is -2.36. The monoisotopic (exact) mass is 307 g/mol. The fourth-order valence-corrected chi connectivity index (χ4v) is 3.69. The highest BCUT2D eigenvalue weighted by Gasteiger charge is 2.40. The zero-order valence-corrected chi connectivity index (χ0v) is 12.5. The van der Waals surface area contributed by atoms with E-state index in [0.29, 0.717) is 17.9 Å². The number of fused-ring (bicyclic) bond motifs is 2. The van der Waals surface area contributed by atoms with Gasteiger partial charge in [-0.2, -0.15) is 0 Å². The molecule has 2 aliphatic rings. The molecule has 2 heterocycles. The summed E-state index contributed by atoms with van der Waals surface area (Å²) in [5.41, 5.74) is 3.86. The summed E-state index contributed by atoms with van der Waals surface area (Å²) in [7, 11) is 0. The molecule has 0 spiro atoms. The SMILES string of the molecule is Cc1cc(N2C3CCC2CC(=O)C3)cc(C)c1Br. The number of ketones is 1. The Kier molecular flexibility index (Phi) is 2.97. The van der Waals surface area contributed by atoms with Gasteiger partial charge in [-0.05, 0) is 49.9 Å². The third-order valence-electron chi connectivity index (χ3n) is 4.27. The van der Waals surface area contributed by atoms with Crippen LogP contribution in [0.5, 0.6) is 0 Å². The van der Waals surface area contributed by atoms with Crippen LogP contribution in [0, 0.1) is 13.8 Å². The summed E-state index contributed by atoms with van der Waals surface area (Å²) in [4.78, 5) is 14.1. The van der Waals surface area contributed by atoms with Gasteiger partial charge in [0.2, 0.25) is 0 Å². The summed E-state index contributed by atoms with van der Waals surface area (Å²) < 4.78 is 1.20. The summed E-state index contributed by atoms with van der Waals surface area (Å²) in [6.45, 7) is 4.27. The number of halogens is 1. The minimum Gasteiger partial charge on any atom is -0.365 e. The molecular weight excluding hydrogens is 290 g/mol. The number of piperidine rings is 1. The average molecular weight is 308 g/mol. The Balaban J connectivity index is 1.99. The molecule has 2 atom stereocenters. The molecule has 96 valence electrons. The fourth-order valence-electron chi connectivity index (χ4n) is 3.46. The van der Waals surface area contributed by atoms with E-state index in [1.165, 1.54) is 34.1 Å². The zero-order chi connectivity index (χ0) is 12.9. The molecule has 0 amide bonds. The maximum absolute atomic E-state index is 11.7. The lowest BCUT2D eigenvalue weighted by molar-refractivity contribution is -0.120. The second-order valence-corrected chi connectivity index (χ2v) is 6.43. The first-order chi connectivity index (χ1) is 8.56. The molecule has 18 heavy (non-hydrogen) atoms. The van der Waals surface area contributed by atoms with Crippen LogP contribution in [-0.2, 0) is 4.79 Å². The van der Waals surface area contributed by atoms with Gasteiger partial charge in [0.25, 0.3) is 0 Å². The van der Waals surface area contributed by atoms with E-state index in [2.05, 4.69) is 46.8 Å². The van der Waals surface area contributed by atoms with Crippen molar-refractivity contribution in [2.75, 3.05) is 4.90 Å². The number of aryl methyl sites for hydroxylation is 2. The number of hydrogen-bond donors (Lipinski definition) is 0. The second kappa shape index (κ2) is 4.37. The van der Waals surface area contributed by atoms with Crippen molar-refractivity contribution in [1.82, 2.24) is 0 Å². The highest BCUT2D eigenvalue weighted by molar-refractivity contribution is 9.10. The van der Waals surface area contributed by atoms with Crippen LogP contribution in [0.4, 0.5) is 5.69 Å². The predicted molar refractivity (Wildman–Crippen MR) is 77.1 cm³/mol. The molecule has 2 bridgehead atoms.